The second-order valence-electron chi connectivity index (χ2n) is 5.14. The van der Waals surface area contributed by atoms with Crippen molar-refractivity contribution < 1.29 is 9.84 Å². The lowest BCUT2D eigenvalue weighted by molar-refractivity contribution is 0.0252. The number of hydrogen-bond acceptors (Lipinski definition) is 3. The average Bonchev–Trinajstić information content (AvgIpc) is 2.77. The van der Waals surface area contributed by atoms with Crippen molar-refractivity contribution >= 4 is 15.9 Å². The van der Waals surface area contributed by atoms with Crippen molar-refractivity contribution in [3.63, 3.8) is 0 Å². The standard InChI is InChI=1S/C14H20BrNO2/c1-10-7-12(3-4-13(10)15)11(2)16-8-14(17)5-6-18-9-14/h3-4,7,11,16-17H,5-6,8-9H2,1-2H3/t11-,14-/m1/s1. The Balaban J connectivity index is 1.94. The van der Waals surface area contributed by atoms with Gasteiger partial charge < -0.3 is 15.2 Å². The zero-order valence-corrected chi connectivity index (χ0v) is 12.5. The number of ether oxygens (including phenoxy) is 1. The van der Waals surface area contributed by atoms with Crippen LogP contribution in [0.3, 0.4) is 0 Å². The van der Waals surface area contributed by atoms with Gasteiger partial charge in [-0.05, 0) is 31.0 Å². The molecule has 0 unspecified atom stereocenters. The molecule has 1 aliphatic rings. The third kappa shape index (κ3) is 3.32. The van der Waals surface area contributed by atoms with Crippen molar-refractivity contribution in [3.05, 3.63) is 33.8 Å². The van der Waals surface area contributed by atoms with Gasteiger partial charge in [-0.25, -0.2) is 0 Å². The fraction of sp³-hybridized carbons (Fsp3) is 0.571. The lowest BCUT2D eigenvalue weighted by Crippen LogP contribution is -2.41. The Bertz CT molecular complexity index is 416. The molecule has 0 aromatic heterocycles. The van der Waals surface area contributed by atoms with E-state index in [1.165, 1.54) is 11.1 Å². The quantitative estimate of drug-likeness (QED) is 0.897. The summed E-state index contributed by atoms with van der Waals surface area (Å²) in [5.74, 6) is 0. The molecule has 1 fully saturated rings. The van der Waals surface area contributed by atoms with Crippen molar-refractivity contribution in [1.82, 2.24) is 5.32 Å². The molecule has 1 heterocycles. The summed E-state index contributed by atoms with van der Waals surface area (Å²) in [6.45, 7) is 5.86. The third-order valence-electron chi connectivity index (χ3n) is 3.50. The first kappa shape index (κ1) is 14.0. The highest BCUT2D eigenvalue weighted by Crippen LogP contribution is 2.22. The maximum atomic E-state index is 10.2. The molecular weight excluding hydrogens is 294 g/mol. The van der Waals surface area contributed by atoms with Crippen LogP contribution in [-0.2, 0) is 4.74 Å². The Morgan fingerprint density at radius 3 is 2.94 bits per heavy atom. The number of aryl methyl sites for hydroxylation is 1. The molecule has 0 radical (unpaired) electrons. The second kappa shape index (κ2) is 5.70. The molecule has 0 amide bonds. The summed E-state index contributed by atoms with van der Waals surface area (Å²) in [7, 11) is 0. The van der Waals surface area contributed by atoms with E-state index >= 15 is 0 Å². The number of halogens is 1. The van der Waals surface area contributed by atoms with Gasteiger partial charge in [0.2, 0.25) is 0 Å². The first-order valence-corrected chi connectivity index (χ1v) is 7.09. The van der Waals surface area contributed by atoms with E-state index in [-0.39, 0.29) is 6.04 Å². The molecule has 2 rings (SSSR count). The summed E-state index contributed by atoms with van der Waals surface area (Å²) in [4.78, 5) is 0. The smallest absolute Gasteiger partial charge is 0.103 e. The third-order valence-corrected chi connectivity index (χ3v) is 4.39. The highest BCUT2D eigenvalue weighted by molar-refractivity contribution is 9.10. The van der Waals surface area contributed by atoms with E-state index in [0.717, 1.165) is 4.47 Å². The maximum Gasteiger partial charge on any atom is 0.103 e. The Morgan fingerprint density at radius 2 is 2.33 bits per heavy atom. The number of nitrogens with one attached hydrogen (secondary N) is 1. The monoisotopic (exact) mass is 313 g/mol. The molecule has 2 N–H and O–H groups in total. The van der Waals surface area contributed by atoms with Gasteiger partial charge in [0.15, 0.2) is 0 Å². The minimum atomic E-state index is -0.696. The van der Waals surface area contributed by atoms with Crippen LogP contribution in [0.25, 0.3) is 0 Å². The zero-order chi connectivity index (χ0) is 13.2. The van der Waals surface area contributed by atoms with Crippen molar-refractivity contribution in [1.29, 1.82) is 0 Å². The van der Waals surface area contributed by atoms with Crippen LogP contribution in [0.1, 0.15) is 30.5 Å². The zero-order valence-electron chi connectivity index (χ0n) is 10.9. The normalized spacial score (nSPS) is 25.3. The molecule has 0 aliphatic carbocycles. The van der Waals surface area contributed by atoms with Gasteiger partial charge in [-0.2, -0.15) is 0 Å². The van der Waals surface area contributed by atoms with Crippen LogP contribution >= 0.6 is 15.9 Å². The van der Waals surface area contributed by atoms with E-state index in [0.29, 0.717) is 26.2 Å². The van der Waals surface area contributed by atoms with Crippen LogP contribution in [0.5, 0.6) is 0 Å². The van der Waals surface area contributed by atoms with Crippen molar-refractivity contribution in [2.24, 2.45) is 0 Å². The number of benzene rings is 1. The Hall–Kier alpha value is -0.420. The summed E-state index contributed by atoms with van der Waals surface area (Å²) in [6, 6.07) is 6.55. The van der Waals surface area contributed by atoms with Gasteiger partial charge in [-0.1, -0.05) is 28.1 Å². The molecule has 0 spiro atoms. The largest absolute Gasteiger partial charge is 0.386 e. The van der Waals surface area contributed by atoms with Crippen LogP contribution in [0.2, 0.25) is 0 Å². The van der Waals surface area contributed by atoms with Crippen LogP contribution in [-0.4, -0.2) is 30.5 Å². The summed E-state index contributed by atoms with van der Waals surface area (Å²) in [5, 5.41) is 13.6. The SMILES string of the molecule is Cc1cc([C@@H](C)NC[C@]2(O)CCOC2)ccc1Br. The first-order chi connectivity index (χ1) is 8.50. The predicted molar refractivity (Wildman–Crippen MR) is 75.7 cm³/mol. The minimum absolute atomic E-state index is 0.224. The van der Waals surface area contributed by atoms with Gasteiger partial charge in [0.25, 0.3) is 0 Å². The van der Waals surface area contributed by atoms with E-state index in [2.05, 4.69) is 53.3 Å². The number of rotatable bonds is 4. The Kier molecular flexibility index (Phi) is 4.43. The minimum Gasteiger partial charge on any atom is -0.386 e. The van der Waals surface area contributed by atoms with E-state index < -0.39 is 5.60 Å². The molecule has 2 atom stereocenters. The summed E-state index contributed by atoms with van der Waals surface area (Å²) in [5.41, 5.74) is 1.76. The van der Waals surface area contributed by atoms with E-state index in [1.807, 2.05) is 0 Å². The topological polar surface area (TPSA) is 41.5 Å². The lowest BCUT2D eigenvalue weighted by Gasteiger charge is -2.24. The maximum absolute atomic E-state index is 10.2. The van der Waals surface area contributed by atoms with Gasteiger partial charge in [0.05, 0.1) is 6.61 Å². The molecule has 1 aromatic carbocycles. The summed E-state index contributed by atoms with van der Waals surface area (Å²) in [6.07, 6.45) is 0.714. The van der Waals surface area contributed by atoms with Gasteiger partial charge in [-0.15, -0.1) is 0 Å². The average molecular weight is 314 g/mol. The van der Waals surface area contributed by atoms with Crippen LogP contribution < -0.4 is 5.32 Å². The number of aliphatic hydroxyl groups is 1. The van der Waals surface area contributed by atoms with Crippen LogP contribution in [0.15, 0.2) is 22.7 Å². The molecule has 100 valence electrons. The molecule has 4 heteroatoms. The van der Waals surface area contributed by atoms with Crippen molar-refractivity contribution in [2.75, 3.05) is 19.8 Å². The molecule has 1 aliphatic heterocycles. The Morgan fingerprint density at radius 1 is 1.56 bits per heavy atom. The molecule has 0 bridgehead atoms. The van der Waals surface area contributed by atoms with E-state index in [9.17, 15) is 5.11 Å². The van der Waals surface area contributed by atoms with Gasteiger partial charge in [0, 0.05) is 30.1 Å². The molecule has 0 saturated carbocycles. The van der Waals surface area contributed by atoms with E-state index in [4.69, 9.17) is 4.74 Å². The predicted octanol–water partition coefficient (Wildman–Crippen LogP) is 2.56. The summed E-state index contributed by atoms with van der Waals surface area (Å²) >= 11 is 3.50. The van der Waals surface area contributed by atoms with Gasteiger partial charge in [0.1, 0.15) is 5.60 Å². The Labute approximate surface area is 117 Å². The summed E-state index contributed by atoms with van der Waals surface area (Å²) < 4.78 is 6.36. The molecule has 1 aromatic rings. The fourth-order valence-corrected chi connectivity index (χ4v) is 2.38. The highest BCUT2D eigenvalue weighted by atomic mass is 79.9. The molecule has 18 heavy (non-hydrogen) atoms. The van der Waals surface area contributed by atoms with E-state index in [1.54, 1.807) is 0 Å². The fourth-order valence-electron chi connectivity index (χ4n) is 2.13. The number of hydrogen-bond donors (Lipinski definition) is 2. The van der Waals surface area contributed by atoms with Gasteiger partial charge >= 0.3 is 0 Å². The van der Waals surface area contributed by atoms with Crippen LogP contribution in [0.4, 0.5) is 0 Å². The van der Waals surface area contributed by atoms with Crippen molar-refractivity contribution in [2.45, 2.75) is 31.9 Å². The molecule has 1 saturated heterocycles. The second-order valence-corrected chi connectivity index (χ2v) is 5.99. The highest BCUT2D eigenvalue weighted by Gasteiger charge is 2.32. The lowest BCUT2D eigenvalue weighted by atomic mass is 10.0. The van der Waals surface area contributed by atoms with Crippen molar-refractivity contribution in [3.8, 4) is 0 Å². The van der Waals surface area contributed by atoms with Crippen LogP contribution in [0, 0.1) is 6.92 Å². The molecule has 3 nitrogen and oxygen atoms in total. The van der Waals surface area contributed by atoms with Gasteiger partial charge in [-0.3, -0.25) is 0 Å². The molecular formula is C14H20BrNO2. The first-order valence-electron chi connectivity index (χ1n) is 6.30.